The summed E-state index contributed by atoms with van der Waals surface area (Å²) < 4.78 is 5.78. The first kappa shape index (κ1) is 19.6. The molecular formula is C22H18N6O4. The summed E-state index contributed by atoms with van der Waals surface area (Å²) in [7, 11) is 0. The van der Waals surface area contributed by atoms with Gasteiger partial charge >= 0.3 is 12.0 Å². The minimum Gasteiger partial charge on any atom is -0.453 e. The summed E-state index contributed by atoms with van der Waals surface area (Å²) in [6.45, 7) is 0.307. The van der Waals surface area contributed by atoms with Crippen molar-refractivity contribution in [2.24, 2.45) is 5.73 Å². The number of hydrogen-bond acceptors (Lipinski definition) is 7. The molecule has 32 heavy (non-hydrogen) atoms. The molecule has 0 spiro atoms. The highest BCUT2D eigenvalue weighted by atomic mass is 16.5. The Hall–Kier alpha value is -4.34. The van der Waals surface area contributed by atoms with Gasteiger partial charge in [0.2, 0.25) is 0 Å². The summed E-state index contributed by atoms with van der Waals surface area (Å²) >= 11 is 0. The summed E-state index contributed by atoms with van der Waals surface area (Å²) in [6, 6.07) is 9.92. The van der Waals surface area contributed by atoms with E-state index in [1.165, 1.54) is 34.6 Å². The number of rotatable bonds is 3. The molecule has 4 heterocycles. The van der Waals surface area contributed by atoms with Gasteiger partial charge in [-0.25, -0.2) is 24.5 Å². The van der Waals surface area contributed by atoms with Crippen LogP contribution in [0.5, 0.6) is 0 Å². The SMILES string of the molecule is NC(=O)N1C(c2ccncn2)=CC(=O)N2CCC(OC(=O)c3nccc4ccccc34)C21. The first-order valence-corrected chi connectivity index (χ1v) is 9.96. The van der Waals surface area contributed by atoms with Gasteiger partial charge in [-0.05, 0) is 17.5 Å². The Morgan fingerprint density at radius 3 is 2.72 bits per heavy atom. The highest BCUT2D eigenvalue weighted by Crippen LogP contribution is 2.34. The molecule has 1 fully saturated rings. The number of esters is 1. The van der Waals surface area contributed by atoms with Crippen molar-refractivity contribution in [1.82, 2.24) is 24.8 Å². The van der Waals surface area contributed by atoms with Gasteiger partial charge in [-0.15, -0.1) is 0 Å². The summed E-state index contributed by atoms with van der Waals surface area (Å²) in [4.78, 5) is 53.2. The highest BCUT2D eigenvalue weighted by Gasteiger charge is 2.48. The molecule has 0 saturated carbocycles. The molecule has 160 valence electrons. The van der Waals surface area contributed by atoms with Crippen LogP contribution in [0.1, 0.15) is 22.6 Å². The van der Waals surface area contributed by atoms with Crippen LogP contribution in [0, 0.1) is 0 Å². The lowest BCUT2D eigenvalue weighted by atomic mass is 10.1. The Morgan fingerprint density at radius 1 is 1.09 bits per heavy atom. The maximum Gasteiger partial charge on any atom is 0.357 e. The number of urea groups is 1. The molecule has 5 rings (SSSR count). The van der Waals surface area contributed by atoms with E-state index in [2.05, 4.69) is 15.0 Å². The van der Waals surface area contributed by atoms with Crippen molar-refractivity contribution in [1.29, 1.82) is 0 Å². The second-order valence-electron chi connectivity index (χ2n) is 7.39. The van der Waals surface area contributed by atoms with Crippen LogP contribution in [0.2, 0.25) is 0 Å². The number of primary amides is 1. The predicted octanol–water partition coefficient (Wildman–Crippen LogP) is 1.54. The molecule has 2 unspecified atom stereocenters. The van der Waals surface area contributed by atoms with Crippen LogP contribution >= 0.6 is 0 Å². The topological polar surface area (TPSA) is 132 Å². The van der Waals surface area contributed by atoms with Gasteiger partial charge in [0.25, 0.3) is 5.91 Å². The van der Waals surface area contributed by atoms with Crippen LogP contribution < -0.4 is 5.73 Å². The van der Waals surface area contributed by atoms with E-state index >= 15 is 0 Å². The van der Waals surface area contributed by atoms with Gasteiger partial charge in [-0.1, -0.05) is 24.3 Å². The standard InChI is InChI=1S/C22H18N6O4/c23-22(31)28-16(15-6-8-24-12-26-15)11-18(29)27-10-7-17(20(27)28)32-21(30)19-14-4-2-1-3-13(14)5-9-25-19/h1-6,8-9,11-12,17,20H,7,10H2,(H2,23,31). The van der Waals surface area contributed by atoms with Crippen molar-refractivity contribution >= 4 is 34.4 Å². The third kappa shape index (κ3) is 3.22. The van der Waals surface area contributed by atoms with E-state index in [0.717, 1.165) is 5.39 Å². The number of fused-ring (bicyclic) bond motifs is 2. The van der Waals surface area contributed by atoms with Crippen molar-refractivity contribution in [3.8, 4) is 0 Å². The average Bonchev–Trinajstić information content (AvgIpc) is 3.22. The zero-order valence-electron chi connectivity index (χ0n) is 16.8. The van der Waals surface area contributed by atoms with E-state index in [1.807, 2.05) is 18.2 Å². The fourth-order valence-corrected chi connectivity index (χ4v) is 4.19. The van der Waals surface area contributed by atoms with Crippen LogP contribution in [0.3, 0.4) is 0 Å². The first-order valence-electron chi connectivity index (χ1n) is 9.96. The van der Waals surface area contributed by atoms with Gasteiger partial charge in [0.15, 0.2) is 11.9 Å². The van der Waals surface area contributed by atoms with Gasteiger partial charge in [0.1, 0.15) is 12.4 Å². The summed E-state index contributed by atoms with van der Waals surface area (Å²) in [5.41, 5.74) is 6.45. The Bertz CT molecular complexity index is 1260. The van der Waals surface area contributed by atoms with E-state index in [1.54, 1.807) is 18.2 Å². The monoisotopic (exact) mass is 430 g/mol. The number of nitrogens with zero attached hydrogens (tertiary/aromatic N) is 5. The fraction of sp³-hybridized carbons (Fsp3) is 0.182. The van der Waals surface area contributed by atoms with Gasteiger partial charge < -0.3 is 15.4 Å². The molecule has 0 radical (unpaired) electrons. The molecule has 10 heteroatoms. The number of hydrogen-bond donors (Lipinski definition) is 1. The number of ether oxygens (including phenoxy) is 1. The molecule has 0 aliphatic carbocycles. The number of nitrogens with two attached hydrogens (primary N) is 1. The number of aromatic nitrogens is 3. The third-order valence-corrected chi connectivity index (χ3v) is 5.58. The number of carbonyl (C=O) groups is 3. The van der Waals surface area contributed by atoms with Crippen molar-refractivity contribution < 1.29 is 19.1 Å². The number of pyridine rings is 1. The van der Waals surface area contributed by atoms with Gasteiger partial charge in [-0.2, -0.15) is 0 Å². The normalized spacial score (nSPS) is 20.1. The Labute approximate surface area is 182 Å². The summed E-state index contributed by atoms with van der Waals surface area (Å²) in [6.07, 6.45) is 4.33. The Balaban J connectivity index is 1.49. The quantitative estimate of drug-likeness (QED) is 0.624. The van der Waals surface area contributed by atoms with Gasteiger partial charge in [-0.3, -0.25) is 9.69 Å². The average molecular weight is 430 g/mol. The number of amides is 3. The van der Waals surface area contributed by atoms with E-state index < -0.39 is 24.3 Å². The van der Waals surface area contributed by atoms with Crippen molar-refractivity contribution in [2.75, 3.05) is 6.54 Å². The van der Waals surface area contributed by atoms with Crippen LogP contribution in [-0.2, 0) is 9.53 Å². The number of benzene rings is 1. The molecule has 3 amide bonds. The molecule has 2 atom stereocenters. The predicted molar refractivity (Wildman–Crippen MR) is 112 cm³/mol. The number of carbonyl (C=O) groups excluding carboxylic acids is 3. The second-order valence-corrected chi connectivity index (χ2v) is 7.39. The molecular weight excluding hydrogens is 412 g/mol. The molecule has 2 aromatic heterocycles. The zero-order chi connectivity index (χ0) is 22.2. The Morgan fingerprint density at radius 2 is 1.94 bits per heavy atom. The van der Waals surface area contributed by atoms with E-state index in [9.17, 15) is 14.4 Å². The second kappa shape index (κ2) is 7.73. The minimum absolute atomic E-state index is 0.167. The lowest BCUT2D eigenvalue weighted by Gasteiger charge is -2.40. The molecule has 2 aliphatic rings. The molecule has 1 saturated heterocycles. The molecule has 10 nitrogen and oxygen atoms in total. The lowest BCUT2D eigenvalue weighted by Crippen LogP contribution is -2.57. The van der Waals surface area contributed by atoms with Gasteiger partial charge in [0.05, 0.1) is 11.4 Å². The van der Waals surface area contributed by atoms with E-state index in [4.69, 9.17) is 10.5 Å². The van der Waals surface area contributed by atoms with Crippen LogP contribution in [0.15, 0.2) is 61.2 Å². The van der Waals surface area contributed by atoms with Crippen LogP contribution in [-0.4, -0.2) is 61.5 Å². The first-order chi connectivity index (χ1) is 15.5. The van der Waals surface area contributed by atoms with E-state index in [-0.39, 0.29) is 17.3 Å². The van der Waals surface area contributed by atoms with Crippen LogP contribution in [0.25, 0.3) is 16.5 Å². The van der Waals surface area contributed by atoms with E-state index in [0.29, 0.717) is 24.0 Å². The molecule has 0 bridgehead atoms. The maximum atomic E-state index is 13.0. The third-order valence-electron chi connectivity index (χ3n) is 5.58. The molecule has 2 aliphatic heterocycles. The molecule has 2 N–H and O–H groups in total. The van der Waals surface area contributed by atoms with Crippen LogP contribution in [0.4, 0.5) is 4.79 Å². The summed E-state index contributed by atoms with van der Waals surface area (Å²) in [5.74, 6) is -0.952. The van der Waals surface area contributed by atoms with Gasteiger partial charge in [0, 0.05) is 36.8 Å². The smallest absolute Gasteiger partial charge is 0.357 e. The Kier molecular flexibility index (Phi) is 4.74. The van der Waals surface area contributed by atoms with Crippen molar-refractivity contribution in [3.63, 3.8) is 0 Å². The zero-order valence-corrected chi connectivity index (χ0v) is 16.8. The molecule has 3 aromatic rings. The van der Waals surface area contributed by atoms with Crippen molar-refractivity contribution in [3.05, 3.63) is 72.6 Å². The largest absolute Gasteiger partial charge is 0.453 e. The highest BCUT2D eigenvalue weighted by molar-refractivity contribution is 6.03. The summed E-state index contributed by atoms with van der Waals surface area (Å²) in [5, 5.41) is 1.51. The fourth-order valence-electron chi connectivity index (χ4n) is 4.19. The maximum absolute atomic E-state index is 13.0. The van der Waals surface area contributed by atoms with Crippen molar-refractivity contribution in [2.45, 2.75) is 18.7 Å². The lowest BCUT2D eigenvalue weighted by molar-refractivity contribution is -0.131. The minimum atomic E-state index is -0.881. The molecule has 1 aromatic carbocycles.